The molecule has 0 heterocycles. The van der Waals surface area contributed by atoms with E-state index in [1.807, 2.05) is 34.6 Å². The van der Waals surface area contributed by atoms with E-state index in [1.54, 1.807) is 0 Å². The molecule has 0 radical (unpaired) electrons. The van der Waals surface area contributed by atoms with E-state index >= 15 is 0 Å². The maximum atomic E-state index is 9.30. The van der Waals surface area contributed by atoms with Crippen LogP contribution in [0.1, 0.15) is 66.7 Å². The number of hydrogen-bond donors (Lipinski definition) is 1. The fourth-order valence-corrected chi connectivity index (χ4v) is 0. The minimum atomic E-state index is 0. The maximum Gasteiger partial charge on any atom is 4.00 e. The summed E-state index contributed by atoms with van der Waals surface area (Å²) in [6.45, 7) is 10.0. The Bertz CT molecular complexity index is 57.2. The summed E-state index contributed by atoms with van der Waals surface area (Å²) < 4.78 is 0. The molecule has 0 aromatic heterocycles. The number of hydrogen-bond acceptors (Lipinski definition) is 5. The van der Waals surface area contributed by atoms with E-state index in [4.69, 9.17) is 5.11 Å². The molecule has 0 unspecified atom stereocenters. The van der Waals surface area contributed by atoms with Gasteiger partial charge in [-0.25, -0.2) is 0 Å². The van der Waals surface area contributed by atoms with Crippen LogP contribution in [-0.4, -0.2) is 43.6 Å². The normalized spacial score (nSPS) is 6.82. The molecule has 138 valence electrons. The van der Waals surface area contributed by atoms with Crippen molar-refractivity contribution in [1.82, 2.24) is 0 Å². The van der Waals surface area contributed by atoms with Crippen molar-refractivity contribution < 1.29 is 57.2 Å². The number of aliphatic hydroxyl groups excluding tert-OH is 1. The van der Waals surface area contributed by atoms with Crippen molar-refractivity contribution >= 4 is 0 Å². The second kappa shape index (κ2) is 81.4. The van der Waals surface area contributed by atoms with Gasteiger partial charge in [0.1, 0.15) is 0 Å². The standard InChI is InChI=1S/C3H8O.4C3H7O.H2O.Zr/c5*1-2-3-4;;/h4H,2-3H2,1H3;4*2-3H2,1H3;1H2;/q;4*-1;;+4. The Morgan fingerprint density at radius 3 is 0.636 bits per heavy atom. The molecule has 0 aliphatic rings. The summed E-state index contributed by atoms with van der Waals surface area (Å²) in [5.74, 6) is 0. The Balaban J connectivity index is -0.0000000250. The fourth-order valence-electron chi connectivity index (χ4n) is 0. The van der Waals surface area contributed by atoms with E-state index in [1.165, 1.54) is 0 Å². The molecular weight excluding hydrogens is 367 g/mol. The first kappa shape index (κ1) is 43.3. The third-order valence-electron chi connectivity index (χ3n) is 1.04. The molecule has 0 saturated carbocycles. The molecule has 0 aliphatic carbocycles. The largest absolute Gasteiger partial charge is 4.00 e. The van der Waals surface area contributed by atoms with Crippen LogP contribution in [0.25, 0.3) is 0 Å². The number of rotatable bonds is 5. The smallest absolute Gasteiger partial charge is 0.854 e. The predicted molar refractivity (Wildman–Crippen MR) is 81.6 cm³/mol. The van der Waals surface area contributed by atoms with Gasteiger partial charge in [0.25, 0.3) is 0 Å². The first-order valence-electron chi connectivity index (χ1n) is 7.51. The summed E-state index contributed by atoms with van der Waals surface area (Å²) in [5, 5.41) is 45.1. The second-order valence-electron chi connectivity index (χ2n) is 3.54. The Morgan fingerprint density at radius 2 is 0.636 bits per heavy atom. The zero-order valence-electron chi connectivity index (χ0n) is 15.2. The summed E-state index contributed by atoms with van der Waals surface area (Å²) in [4.78, 5) is 0. The molecule has 0 bridgehead atoms. The molecule has 0 atom stereocenters. The fraction of sp³-hybridized carbons (Fsp3) is 1.00. The van der Waals surface area contributed by atoms with Crippen molar-refractivity contribution in [2.24, 2.45) is 0 Å². The van der Waals surface area contributed by atoms with Gasteiger partial charge in [-0.15, -0.1) is 26.4 Å². The zero-order valence-corrected chi connectivity index (χ0v) is 17.6. The van der Waals surface area contributed by atoms with Crippen LogP contribution in [0.15, 0.2) is 0 Å². The van der Waals surface area contributed by atoms with Crippen LogP contribution in [-0.2, 0) is 26.2 Å². The predicted octanol–water partition coefficient (Wildman–Crippen LogP) is -1.41. The molecule has 0 fully saturated rings. The van der Waals surface area contributed by atoms with Gasteiger partial charge in [-0.2, -0.15) is 0 Å². The number of aliphatic hydroxyl groups is 1. The molecule has 6 nitrogen and oxygen atoms in total. The summed E-state index contributed by atoms with van der Waals surface area (Å²) >= 11 is 0. The Hall–Kier alpha value is 0.643. The third kappa shape index (κ3) is 250. The minimum absolute atomic E-state index is 0. The van der Waals surface area contributed by atoms with Gasteiger partial charge in [0.05, 0.1) is 0 Å². The molecular formula is C15H38O6Zr. The summed E-state index contributed by atoms with van der Waals surface area (Å²) in [6, 6.07) is 0. The zero-order chi connectivity index (χ0) is 17.1. The molecule has 22 heavy (non-hydrogen) atoms. The van der Waals surface area contributed by atoms with Crippen molar-refractivity contribution in [3.8, 4) is 0 Å². The Kier molecular flexibility index (Phi) is 160. The van der Waals surface area contributed by atoms with Crippen LogP contribution in [0.4, 0.5) is 0 Å². The topological polar surface area (TPSA) is 144 Å². The van der Waals surface area contributed by atoms with Crippen LogP contribution >= 0.6 is 0 Å². The van der Waals surface area contributed by atoms with Crippen LogP contribution in [0.2, 0.25) is 0 Å². The van der Waals surface area contributed by atoms with Crippen LogP contribution in [0, 0.1) is 0 Å². The van der Waals surface area contributed by atoms with Gasteiger partial charge in [-0.3, -0.25) is 0 Å². The van der Waals surface area contributed by atoms with E-state index < -0.39 is 0 Å². The summed E-state index contributed by atoms with van der Waals surface area (Å²) in [5.41, 5.74) is 0. The van der Waals surface area contributed by atoms with Gasteiger partial charge < -0.3 is 31.0 Å². The molecule has 0 rings (SSSR count). The van der Waals surface area contributed by atoms with E-state index in [9.17, 15) is 20.4 Å². The maximum absolute atomic E-state index is 9.30. The van der Waals surface area contributed by atoms with Crippen LogP contribution < -0.4 is 20.4 Å². The second-order valence-corrected chi connectivity index (χ2v) is 3.54. The molecule has 0 saturated heterocycles. The molecule has 7 heteroatoms. The monoisotopic (exact) mass is 404 g/mol. The van der Waals surface area contributed by atoms with Crippen molar-refractivity contribution in [1.29, 1.82) is 0 Å². The Morgan fingerprint density at radius 1 is 0.545 bits per heavy atom. The summed E-state index contributed by atoms with van der Waals surface area (Å²) in [7, 11) is 0. The van der Waals surface area contributed by atoms with E-state index in [0.29, 0.717) is 6.61 Å². The first-order chi connectivity index (χ1) is 9.57. The van der Waals surface area contributed by atoms with Crippen LogP contribution in [0.3, 0.4) is 0 Å². The van der Waals surface area contributed by atoms with Gasteiger partial charge >= 0.3 is 26.2 Å². The third-order valence-corrected chi connectivity index (χ3v) is 1.04. The Labute approximate surface area is 157 Å². The van der Waals surface area contributed by atoms with Gasteiger partial charge in [0.2, 0.25) is 0 Å². The SMILES string of the molecule is CCCO.CCC[O-].CCC[O-].CCC[O-].CCC[O-].O.[Zr+4]. The van der Waals surface area contributed by atoms with Crippen LogP contribution in [0.5, 0.6) is 0 Å². The van der Waals surface area contributed by atoms with Crippen molar-refractivity contribution in [3.05, 3.63) is 0 Å². The van der Waals surface area contributed by atoms with E-state index in [-0.39, 0.29) is 58.1 Å². The van der Waals surface area contributed by atoms with Gasteiger partial charge in [0, 0.05) is 6.61 Å². The molecule has 3 N–H and O–H groups in total. The van der Waals surface area contributed by atoms with Crippen molar-refractivity contribution in [2.75, 3.05) is 33.0 Å². The summed E-state index contributed by atoms with van der Waals surface area (Å²) in [6.07, 6.45) is 3.93. The molecule has 0 amide bonds. The van der Waals surface area contributed by atoms with E-state index in [2.05, 4.69) is 0 Å². The average molecular weight is 406 g/mol. The van der Waals surface area contributed by atoms with Gasteiger partial charge in [-0.05, 0) is 6.42 Å². The average Bonchev–Trinajstić information content (AvgIpc) is 2.55. The first-order valence-corrected chi connectivity index (χ1v) is 7.51. The quantitative estimate of drug-likeness (QED) is 0.597. The molecule has 0 aliphatic heterocycles. The van der Waals surface area contributed by atoms with Gasteiger partial charge in [0.15, 0.2) is 0 Å². The molecule has 0 spiro atoms. The van der Waals surface area contributed by atoms with E-state index in [0.717, 1.165) is 32.1 Å². The minimum Gasteiger partial charge on any atom is -0.854 e. The van der Waals surface area contributed by atoms with Crippen molar-refractivity contribution in [2.45, 2.75) is 66.7 Å². The molecule has 0 aromatic rings. The molecule has 0 aromatic carbocycles. The van der Waals surface area contributed by atoms with Crippen molar-refractivity contribution in [3.63, 3.8) is 0 Å². The van der Waals surface area contributed by atoms with Gasteiger partial charge in [-0.1, -0.05) is 60.3 Å².